The number of hydrogen-bond acceptors (Lipinski definition) is 3. The average Bonchev–Trinajstić information content (AvgIpc) is 2.88. The molecule has 0 fully saturated rings. The Labute approximate surface area is 112 Å². The van der Waals surface area contributed by atoms with Crippen molar-refractivity contribution < 1.29 is 4.79 Å². The first-order valence-electron chi connectivity index (χ1n) is 5.18. The van der Waals surface area contributed by atoms with Gasteiger partial charge in [-0.05, 0) is 28.9 Å². The van der Waals surface area contributed by atoms with Crippen LogP contribution < -0.4 is 5.32 Å². The number of rotatable bonds is 4. The molecular formula is C11H12BrN3OS. The molecule has 0 aliphatic heterocycles. The van der Waals surface area contributed by atoms with Gasteiger partial charge in [0, 0.05) is 34.7 Å². The van der Waals surface area contributed by atoms with Crippen LogP contribution in [0, 0.1) is 6.92 Å². The Morgan fingerprint density at radius 2 is 2.47 bits per heavy atom. The highest BCUT2D eigenvalue weighted by atomic mass is 79.9. The number of carbonyl (C=O) groups excluding carboxylic acids is 1. The lowest BCUT2D eigenvalue weighted by Crippen LogP contribution is -2.25. The van der Waals surface area contributed by atoms with Gasteiger partial charge in [0.15, 0.2) is 0 Å². The maximum Gasteiger partial charge on any atom is 0.267 e. The average molecular weight is 314 g/mol. The molecular weight excluding hydrogens is 302 g/mol. The summed E-state index contributed by atoms with van der Waals surface area (Å²) in [6.07, 6.45) is 2.51. The van der Waals surface area contributed by atoms with Crippen molar-refractivity contribution in [2.24, 2.45) is 0 Å². The maximum absolute atomic E-state index is 11.7. The van der Waals surface area contributed by atoms with Gasteiger partial charge in [-0.3, -0.25) is 4.79 Å². The van der Waals surface area contributed by atoms with E-state index < -0.39 is 0 Å². The zero-order chi connectivity index (χ0) is 12.3. The molecule has 90 valence electrons. The molecule has 1 amide bonds. The minimum Gasteiger partial charge on any atom is -0.356 e. The summed E-state index contributed by atoms with van der Waals surface area (Å²) in [5.41, 5.74) is 1.59. The SMILES string of the molecule is Cc1csc(CCNC(=O)c2cc(Br)c[nH]2)n1. The second-order valence-electron chi connectivity index (χ2n) is 3.62. The number of nitrogens with zero attached hydrogens (tertiary/aromatic N) is 1. The van der Waals surface area contributed by atoms with Gasteiger partial charge >= 0.3 is 0 Å². The molecule has 0 spiro atoms. The summed E-state index contributed by atoms with van der Waals surface area (Å²) in [5, 5.41) is 5.91. The molecule has 0 aliphatic rings. The van der Waals surface area contributed by atoms with E-state index in [1.807, 2.05) is 12.3 Å². The van der Waals surface area contributed by atoms with E-state index >= 15 is 0 Å². The van der Waals surface area contributed by atoms with Crippen LogP contribution in [0.5, 0.6) is 0 Å². The summed E-state index contributed by atoms with van der Waals surface area (Å²) in [6.45, 7) is 2.57. The number of amides is 1. The minimum absolute atomic E-state index is 0.0935. The number of aromatic amines is 1. The van der Waals surface area contributed by atoms with Crippen molar-refractivity contribution in [3.05, 3.63) is 38.5 Å². The lowest BCUT2D eigenvalue weighted by atomic mass is 10.4. The van der Waals surface area contributed by atoms with Crippen LogP contribution in [0.1, 0.15) is 21.2 Å². The number of nitrogens with one attached hydrogen (secondary N) is 2. The predicted molar refractivity (Wildman–Crippen MR) is 71.4 cm³/mol. The topological polar surface area (TPSA) is 57.8 Å². The summed E-state index contributed by atoms with van der Waals surface area (Å²) in [4.78, 5) is 18.9. The van der Waals surface area contributed by atoms with E-state index in [0.29, 0.717) is 12.2 Å². The Morgan fingerprint density at radius 3 is 3.06 bits per heavy atom. The Kier molecular flexibility index (Phi) is 3.96. The smallest absolute Gasteiger partial charge is 0.267 e. The molecule has 2 rings (SSSR count). The molecule has 6 heteroatoms. The molecule has 0 unspecified atom stereocenters. The fourth-order valence-electron chi connectivity index (χ4n) is 1.39. The molecule has 0 aromatic carbocycles. The van der Waals surface area contributed by atoms with Gasteiger partial charge < -0.3 is 10.3 Å². The number of aromatic nitrogens is 2. The molecule has 2 aromatic heterocycles. The third-order valence-electron chi connectivity index (χ3n) is 2.18. The molecule has 0 aliphatic carbocycles. The predicted octanol–water partition coefficient (Wildman–Crippen LogP) is 2.51. The van der Waals surface area contributed by atoms with Crippen molar-refractivity contribution in [1.82, 2.24) is 15.3 Å². The van der Waals surface area contributed by atoms with Crippen LogP contribution in [0.3, 0.4) is 0 Å². The Morgan fingerprint density at radius 1 is 1.65 bits per heavy atom. The molecule has 0 saturated carbocycles. The molecule has 4 nitrogen and oxygen atoms in total. The lowest BCUT2D eigenvalue weighted by molar-refractivity contribution is 0.0950. The quantitative estimate of drug-likeness (QED) is 0.911. The Balaban J connectivity index is 1.81. The van der Waals surface area contributed by atoms with Crippen molar-refractivity contribution in [3.63, 3.8) is 0 Å². The van der Waals surface area contributed by atoms with Gasteiger partial charge in [0.05, 0.1) is 5.01 Å². The van der Waals surface area contributed by atoms with Gasteiger partial charge in [-0.1, -0.05) is 0 Å². The Bertz CT molecular complexity index is 520. The number of halogens is 1. The first-order valence-corrected chi connectivity index (χ1v) is 6.85. The van der Waals surface area contributed by atoms with Gasteiger partial charge in [0.25, 0.3) is 5.91 Å². The van der Waals surface area contributed by atoms with E-state index in [2.05, 4.69) is 31.2 Å². The van der Waals surface area contributed by atoms with Gasteiger partial charge in [-0.2, -0.15) is 0 Å². The van der Waals surface area contributed by atoms with Crippen molar-refractivity contribution in [2.45, 2.75) is 13.3 Å². The summed E-state index contributed by atoms with van der Waals surface area (Å²) in [6, 6.07) is 1.75. The Hall–Kier alpha value is -1.14. The van der Waals surface area contributed by atoms with Crippen LogP contribution in [0.15, 0.2) is 22.1 Å². The second kappa shape index (κ2) is 5.46. The zero-order valence-corrected chi connectivity index (χ0v) is 11.7. The number of H-pyrrole nitrogens is 1. The van der Waals surface area contributed by atoms with Crippen LogP contribution >= 0.6 is 27.3 Å². The zero-order valence-electron chi connectivity index (χ0n) is 9.29. The van der Waals surface area contributed by atoms with E-state index in [-0.39, 0.29) is 5.91 Å². The van der Waals surface area contributed by atoms with E-state index in [9.17, 15) is 4.79 Å². The summed E-state index contributed by atoms with van der Waals surface area (Å²) >= 11 is 4.91. The fraction of sp³-hybridized carbons (Fsp3) is 0.273. The van der Waals surface area contributed by atoms with Crippen molar-refractivity contribution >= 4 is 33.2 Å². The molecule has 17 heavy (non-hydrogen) atoms. The molecule has 2 heterocycles. The van der Waals surface area contributed by atoms with Crippen LogP contribution in [-0.4, -0.2) is 22.4 Å². The van der Waals surface area contributed by atoms with Gasteiger partial charge in [0.2, 0.25) is 0 Å². The molecule has 0 radical (unpaired) electrons. The maximum atomic E-state index is 11.7. The lowest BCUT2D eigenvalue weighted by Gasteiger charge is -2.01. The number of hydrogen-bond donors (Lipinski definition) is 2. The van der Waals surface area contributed by atoms with Crippen LogP contribution in [0.2, 0.25) is 0 Å². The summed E-state index contributed by atoms with van der Waals surface area (Å²) < 4.78 is 0.873. The minimum atomic E-state index is -0.0935. The highest BCUT2D eigenvalue weighted by Crippen LogP contribution is 2.11. The van der Waals surface area contributed by atoms with E-state index in [0.717, 1.165) is 21.6 Å². The largest absolute Gasteiger partial charge is 0.356 e. The van der Waals surface area contributed by atoms with Crippen LogP contribution in [-0.2, 0) is 6.42 Å². The third kappa shape index (κ3) is 3.41. The van der Waals surface area contributed by atoms with Crippen LogP contribution in [0.4, 0.5) is 0 Å². The molecule has 0 bridgehead atoms. The van der Waals surface area contributed by atoms with Crippen molar-refractivity contribution in [2.75, 3.05) is 6.54 Å². The number of aryl methyl sites for hydroxylation is 1. The number of thiazole rings is 1. The first-order chi connectivity index (χ1) is 8.15. The third-order valence-corrected chi connectivity index (χ3v) is 3.67. The highest BCUT2D eigenvalue weighted by molar-refractivity contribution is 9.10. The second-order valence-corrected chi connectivity index (χ2v) is 5.48. The van der Waals surface area contributed by atoms with Crippen molar-refractivity contribution in [3.8, 4) is 0 Å². The first kappa shape index (κ1) is 12.3. The fourth-order valence-corrected chi connectivity index (χ4v) is 2.51. The van der Waals surface area contributed by atoms with Gasteiger partial charge in [-0.15, -0.1) is 11.3 Å². The number of carbonyl (C=O) groups is 1. The molecule has 2 aromatic rings. The van der Waals surface area contributed by atoms with Gasteiger partial charge in [-0.25, -0.2) is 4.98 Å². The highest BCUT2D eigenvalue weighted by Gasteiger charge is 2.07. The molecule has 0 atom stereocenters. The molecule has 2 N–H and O–H groups in total. The van der Waals surface area contributed by atoms with E-state index in [1.54, 1.807) is 23.6 Å². The standard InChI is InChI=1S/C11H12BrN3OS/c1-7-6-17-10(15-7)2-3-13-11(16)9-4-8(12)5-14-9/h4-6,14H,2-3H2,1H3,(H,13,16). The normalized spacial score (nSPS) is 10.5. The summed E-state index contributed by atoms with van der Waals surface area (Å²) in [7, 11) is 0. The summed E-state index contributed by atoms with van der Waals surface area (Å²) in [5.74, 6) is -0.0935. The monoisotopic (exact) mass is 313 g/mol. The van der Waals surface area contributed by atoms with Crippen LogP contribution in [0.25, 0.3) is 0 Å². The van der Waals surface area contributed by atoms with Gasteiger partial charge in [0.1, 0.15) is 5.69 Å². The van der Waals surface area contributed by atoms with E-state index in [1.165, 1.54) is 0 Å². The van der Waals surface area contributed by atoms with Crippen molar-refractivity contribution in [1.29, 1.82) is 0 Å². The molecule has 0 saturated heterocycles. The van der Waals surface area contributed by atoms with E-state index in [4.69, 9.17) is 0 Å².